The number of carbonyl (C=O) groups excluding carboxylic acids is 1. The van der Waals surface area contributed by atoms with Crippen LogP contribution in [0.15, 0.2) is 18.2 Å². The van der Waals surface area contributed by atoms with Crippen LogP contribution in [0.25, 0.3) is 10.9 Å². The van der Waals surface area contributed by atoms with E-state index in [4.69, 9.17) is 9.47 Å². The fourth-order valence-electron chi connectivity index (χ4n) is 5.47. The zero-order valence-corrected chi connectivity index (χ0v) is 16.8. The predicted octanol–water partition coefficient (Wildman–Crippen LogP) is 2.67. The van der Waals surface area contributed by atoms with Crippen molar-refractivity contribution >= 4 is 17.0 Å². The molecule has 1 aromatic heterocycles. The number of piperidine rings is 1. The Morgan fingerprint density at radius 1 is 1.31 bits per heavy atom. The van der Waals surface area contributed by atoms with Crippen molar-refractivity contribution in [1.29, 1.82) is 5.26 Å². The standard InChI is InChI=1S/C22H26N4O3/c1-28-22(27)26-18-6-2-4-16-15-5-3-7-25(14-23)19(15)12-17(21(16)18)20(26)13-24-8-10-29-11-9-24/h2,4,6,15,19H,3,5,7-13H2,1H3/t15-,19-/m1/s1. The molecule has 0 spiro atoms. The highest BCUT2D eigenvalue weighted by Gasteiger charge is 2.40. The molecule has 0 unspecified atom stereocenters. The van der Waals surface area contributed by atoms with E-state index in [0.717, 1.165) is 50.1 Å². The van der Waals surface area contributed by atoms with E-state index in [0.29, 0.717) is 25.7 Å². The first-order valence-corrected chi connectivity index (χ1v) is 10.4. The normalized spacial score (nSPS) is 24.2. The molecule has 2 fully saturated rings. The van der Waals surface area contributed by atoms with Crippen LogP contribution >= 0.6 is 0 Å². The van der Waals surface area contributed by atoms with Crippen molar-refractivity contribution in [2.45, 2.75) is 37.8 Å². The lowest BCUT2D eigenvalue weighted by Crippen LogP contribution is -2.44. The molecule has 7 nitrogen and oxygen atoms in total. The topological polar surface area (TPSA) is 70.7 Å². The van der Waals surface area contributed by atoms with Gasteiger partial charge < -0.3 is 14.4 Å². The Morgan fingerprint density at radius 3 is 2.90 bits per heavy atom. The summed E-state index contributed by atoms with van der Waals surface area (Å²) in [7, 11) is 1.44. The van der Waals surface area contributed by atoms with Crippen LogP contribution in [0.4, 0.5) is 4.79 Å². The lowest BCUT2D eigenvalue weighted by Gasteiger charge is -2.41. The van der Waals surface area contributed by atoms with Gasteiger partial charge in [0, 0.05) is 49.2 Å². The quantitative estimate of drug-likeness (QED) is 0.730. The first-order chi connectivity index (χ1) is 14.2. The number of ether oxygens (including phenoxy) is 2. The van der Waals surface area contributed by atoms with E-state index in [9.17, 15) is 10.1 Å². The molecule has 0 bridgehead atoms. The third kappa shape index (κ3) is 2.90. The Balaban J connectivity index is 1.69. The number of methoxy groups -OCH3 is 1. The van der Waals surface area contributed by atoms with Crippen molar-refractivity contribution in [3.8, 4) is 6.19 Å². The minimum atomic E-state index is -0.344. The second-order valence-corrected chi connectivity index (χ2v) is 8.17. The SMILES string of the molecule is COC(=O)n1c(CN2CCOCC2)c2c3c(cccc31)[C@H]1CCCN(C#N)[C@@H]1C2. The molecule has 2 saturated heterocycles. The number of nitriles is 1. The first kappa shape index (κ1) is 18.5. The highest BCUT2D eigenvalue weighted by Crippen LogP contribution is 2.45. The second-order valence-electron chi connectivity index (χ2n) is 8.17. The van der Waals surface area contributed by atoms with E-state index < -0.39 is 0 Å². The molecule has 0 radical (unpaired) electrons. The van der Waals surface area contributed by atoms with Crippen molar-refractivity contribution in [2.24, 2.45) is 0 Å². The summed E-state index contributed by atoms with van der Waals surface area (Å²) in [4.78, 5) is 17.1. The molecule has 3 heterocycles. The number of morpholine rings is 1. The number of hydrogen-bond donors (Lipinski definition) is 0. The molecule has 2 aromatic rings. The minimum absolute atomic E-state index is 0.170. The smallest absolute Gasteiger partial charge is 0.418 e. The van der Waals surface area contributed by atoms with Gasteiger partial charge in [-0.3, -0.25) is 4.90 Å². The molecule has 29 heavy (non-hydrogen) atoms. The fraction of sp³-hybridized carbons (Fsp3) is 0.545. The average Bonchev–Trinajstić information content (AvgIpc) is 3.08. The molecule has 2 aliphatic heterocycles. The molecule has 1 aromatic carbocycles. The van der Waals surface area contributed by atoms with Crippen LogP contribution in [0.5, 0.6) is 0 Å². The van der Waals surface area contributed by atoms with Gasteiger partial charge in [0.1, 0.15) is 0 Å². The summed E-state index contributed by atoms with van der Waals surface area (Å²) < 4.78 is 12.4. The van der Waals surface area contributed by atoms with Gasteiger partial charge in [0.25, 0.3) is 0 Å². The van der Waals surface area contributed by atoms with E-state index in [-0.39, 0.29) is 12.1 Å². The van der Waals surface area contributed by atoms with Gasteiger partial charge in [-0.1, -0.05) is 12.1 Å². The lowest BCUT2D eigenvalue weighted by atomic mass is 9.74. The molecular formula is C22H26N4O3. The van der Waals surface area contributed by atoms with Crippen LogP contribution in [0.3, 0.4) is 0 Å². The Bertz CT molecular complexity index is 986. The number of carbonyl (C=O) groups is 1. The molecule has 1 aliphatic carbocycles. The van der Waals surface area contributed by atoms with Crippen LogP contribution in [-0.2, 0) is 22.4 Å². The molecule has 5 rings (SSSR count). The summed E-state index contributed by atoms with van der Waals surface area (Å²) in [5.41, 5.74) is 4.42. The molecule has 152 valence electrons. The Kier molecular flexibility index (Phi) is 4.69. The third-order valence-electron chi connectivity index (χ3n) is 6.79. The predicted molar refractivity (Wildman–Crippen MR) is 108 cm³/mol. The molecule has 3 aliphatic rings. The van der Waals surface area contributed by atoms with Crippen molar-refractivity contribution in [3.05, 3.63) is 35.0 Å². The van der Waals surface area contributed by atoms with E-state index in [1.807, 2.05) is 17.0 Å². The maximum atomic E-state index is 12.8. The Labute approximate surface area is 170 Å². The monoisotopic (exact) mass is 394 g/mol. The lowest BCUT2D eigenvalue weighted by molar-refractivity contribution is 0.0331. The zero-order valence-electron chi connectivity index (χ0n) is 16.8. The highest BCUT2D eigenvalue weighted by molar-refractivity contribution is 5.96. The molecular weight excluding hydrogens is 368 g/mol. The van der Waals surface area contributed by atoms with Gasteiger partial charge >= 0.3 is 6.09 Å². The van der Waals surface area contributed by atoms with E-state index in [1.165, 1.54) is 23.6 Å². The Hall–Kier alpha value is -2.56. The van der Waals surface area contributed by atoms with Crippen LogP contribution in [0, 0.1) is 11.5 Å². The molecule has 2 atom stereocenters. The first-order valence-electron chi connectivity index (χ1n) is 10.4. The van der Waals surface area contributed by atoms with Crippen LogP contribution in [0.1, 0.15) is 35.6 Å². The summed E-state index contributed by atoms with van der Waals surface area (Å²) in [5.74, 6) is 0.337. The maximum absolute atomic E-state index is 12.8. The number of fused-ring (bicyclic) bond motifs is 2. The van der Waals surface area contributed by atoms with Gasteiger partial charge in [-0.05, 0) is 36.5 Å². The van der Waals surface area contributed by atoms with Gasteiger partial charge in [0.15, 0.2) is 6.19 Å². The van der Waals surface area contributed by atoms with Gasteiger partial charge in [-0.2, -0.15) is 5.26 Å². The summed E-state index contributed by atoms with van der Waals surface area (Å²) in [6.07, 6.45) is 4.99. The number of nitrogens with zero attached hydrogens (tertiary/aromatic N) is 4. The summed E-state index contributed by atoms with van der Waals surface area (Å²) in [6, 6.07) is 6.41. The average molecular weight is 394 g/mol. The summed E-state index contributed by atoms with van der Waals surface area (Å²) in [5, 5.41) is 10.9. The number of aromatic nitrogens is 1. The van der Waals surface area contributed by atoms with Gasteiger partial charge in [-0.15, -0.1) is 0 Å². The van der Waals surface area contributed by atoms with Gasteiger partial charge in [0.05, 0.1) is 25.8 Å². The van der Waals surface area contributed by atoms with Crippen molar-refractivity contribution < 1.29 is 14.3 Å². The van der Waals surface area contributed by atoms with Crippen LogP contribution in [0.2, 0.25) is 0 Å². The van der Waals surface area contributed by atoms with E-state index in [1.54, 1.807) is 4.57 Å². The van der Waals surface area contributed by atoms with Crippen LogP contribution in [-0.4, -0.2) is 66.5 Å². The fourth-order valence-corrected chi connectivity index (χ4v) is 5.47. The largest absolute Gasteiger partial charge is 0.452 e. The van der Waals surface area contributed by atoms with Crippen molar-refractivity contribution in [1.82, 2.24) is 14.4 Å². The molecule has 7 heteroatoms. The Morgan fingerprint density at radius 2 is 2.14 bits per heavy atom. The summed E-state index contributed by atoms with van der Waals surface area (Å²) in [6.45, 7) is 4.64. The maximum Gasteiger partial charge on any atom is 0.418 e. The molecule has 0 amide bonds. The van der Waals surface area contributed by atoms with Crippen LogP contribution < -0.4 is 0 Å². The number of hydrogen-bond acceptors (Lipinski definition) is 6. The second kappa shape index (κ2) is 7.36. The zero-order chi connectivity index (χ0) is 20.0. The highest BCUT2D eigenvalue weighted by atomic mass is 16.5. The molecule has 0 N–H and O–H groups in total. The number of benzene rings is 1. The number of likely N-dealkylation sites (tertiary alicyclic amines) is 1. The van der Waals surface area contributed by atoms with Crippen molar-refractivity contribution in [2.75, 3.05) is 40.0 Å². The van der Waals surface area contributed by atoms with Crippen molar-refractivity contribution in [3.63, 3.8) is 0 Å². The minimum Gasteiger partial charge on any atom is -0.452 e. The van der Waals surface area contributed by atoms with E-state index in [2.05, 4.69) is 17.2 Å². The summed E-state index contributed by atoms with van der Waals surface area (Å²) >= 11 is 0. The molecule has 0 saturated carbocycles. The van der Waals surface area contributed by atoms with Gasteiger partial charge in [0.2, 0.25) is 0 Å². The number of rotatable bonds is 2. The van der Waals surface area contributed by atoms with Gasteiger partial charge in [-0.25, -0.2) is 9.36 Å². The van der Waals surface area contributed by atoms with E-state index >= 15 is 0 Å². The third-order valence-corrected chi connectivity index (χ3v) is 6.79.